The maximum absolute atomic E-state index is 13.2. The van der Waals surface area contributed by atoms with Crippen molar-refractivity contribution in [2.75, 3.05) is 19.8 Å². The Kier molecular flexibility index (Phi) is 6.37. The summed E-state index contributed by atoms with van der Waals surface area (Å²) < 4.78 is 38.7. The van der Waals surface area contributed by atoms with Gasteiger partial charge in [0.15, 0.2) is 5.76 Å². The fourth-order valence-corrected chi connectivity index (χ4v) is 5.13. The molecule has 0 bridgehead atoms. The van der Waals surface area contributed by atoms with Crippen LogP contribution in [0.1, 0.15) is 18.2 Å². The van der Waals surface area contributed by atoms with Crippen LogP contribution in [0.3, 0.4) is 0 Å². The first-order valence-corrected chi connectivity index (χ1v) is 10.9. The molecule has 1 aromatic carbocycles. The Morgan fingerprint density at radius 1 is 1.10 bits per heavy atom. The van der Waals surface area contributed by atoms with Crippen LogP contribution < -0.4 is 6.15 Å². The van der Waals surface area contributed by atoms with Gasteiger partial charge in [0.05, 0.1) is 23.8 Å². The molecule has 8 nitrogen and oxygen atoms in total. The number of rotatable bonds is 4. The fourth-order valence-electron chi connectivity index (χ4n) is 3.50. The average molecular weight is 431 g/mol. The largest absolute Gasteiger partial charge is 0.378 e. The third-order valence-electron chi connectivity index (χ3n) is 5.08. The highest BCUT2D eigenvalue weighted by Crippen LogP contribution is 2.31. The van der Waals surface area contributed by atoms with E-state index in [2.05, 4.69) is 10.1 Å². The number of morpholine rings is 1. The molecule has 1 aliphatic rings. The standard InChI is InChI=1S/C21H23N3O4S.H3N/c1-14-4-5-19(29(25,26)24-6-7-27-13-16(24)3)10-20(14)17-9-18(12-22-11-17)21-8-15(2)23-28-21;/h4-5,8-12,16H,6-7,13H2,1-3H3;1H3/t16-;/m1./s1. The number of hydrogen-bond donors (Lipinski definition) is 1. The van der Waals surface area contributed by atoms with Gasteiger partial charge in [0.2, 0.25) is 10.0 Å². The number of sulfonamides is 1. The fraction of sp³-hybridized carbons (Fsp3) is 0.333. The summed E-state index contributed by atoms with van der Waals surface area (Å²) in [7, 11) is -3.61. The van der Waals surface area contributed by atoms with E-state index in [-0.39, 0.29) is 17.1 Å². The second kappa shape index (κ2) is 8.65. The van der Waals surface area contributed by atoms with Gasteiger partial charge in [-0.2, -0.15) is 4.31 Å². The Hall–Kier alpha value is -2.59. The van der Waals surface area contributed by atoms with Crippen LogP contribution in [0.4, 0.5) is 0 Å². The van der Waals surface area contributed by atoms with Crippen molar-refractivity contribution >= 4 is 10.0 Å². The Morgan fingerprint density at radius 3 is 2.57 bits per heavy atom. The van der Waals surface area contributed by atoms with Crippen molar-refractivity contribution in [2.45, 2.75) is 31.7 Å². The maximum atomic E-state index is 13.2. The van der Waals surface area contributed by atoms with Crippen molar-refractivity contribution in [1.29, 1.82) is 0 Å². The summed E-state index contributed by atoms with van der Waals surface area (Å²) in [6, 6.07) is 8.79. The van der Waals surface area contributed by atoms with Crippen LogP contribution in [0.5, 0.6) is 0 Å². The molecule has 2 aromatic heterocycles. The lowest BCUT2D eigenvalue weighted by Crippen LogP contribution is -2.46. The molecule has 0 unspecified atom stereocenters. The van der Waals surface area contributed by atoms with Crippen LogP contribution in [0.15, 0.2) is 52.1 Å². The number of aromatic nitrogens is 2. The summed E-state index contributed by atoms with van der Waals surface area (Å²) in [6.07, 6.45) is 3.43. The van der Waals surface area contributed by atoms with Gasteiger partial charge in [-0.15, -0.1) is 0 Å². The molecule has 0 amide bonds. The van der Waals surface area contributed by atoms with E-state index in [1.54, 1.807) is 24.5 Å². The lowest BCUT2D eigenvalue weighted by Gasteiger charge is -2.32. The van der Waals surface area contributed by atoms with Crippen molar-refractivity contribution in [3.8, 4) is 22.5 Å². The molecule has 0 spiro atoms. The molecule has 3 heterocycles. The summed E-state index contributed by atoms with van der Waals surface area (Å²) in [6.45, 7) is 6.84. The van der Waals surface area contributed by atoms with E-state index in [4.69, 9.17) is 9.26 Å². The third kappa shape index (κ3) is 4.15. The van der Waals surface area contributed by atoms with Gasteiger partial charge in [-0.05, 0) is 50.1 Å². The predicted molar refractivity (Wildman–Crippen MR) is 114 cm³/mol. The SMILES string of the molecule is Cc1cc(-c2cncc(-c3cc(S(=O)(=O)N4CCOC[C@H]4C)ccc3C)c2)on1.N. The van der Waals surface area contributed by atoms with Gasteiger partial charge in [-0.25, -0.2) is 8.42 Å². The molecular formula is C21H26N4O4S. The Labute approximate surface area is 176 Å². The van der Waals surface area contributed by atoms with E-state index >= 15 is 0 Å². The van der Waals surface area contributed by atoms with Gasteiger partial charge in [-0.3, -0.25) is 4.98 Å². The Morgan fingerprint density at radius 2 is 1.87 bits per heavy atom. The molecule has 1 aliphatic heterocycles. The molecule has 30 heavy (non-hydrogen) atoms. The van der Waals surface area contributed by atoms with E-state index in [9.17, 15) is 8.42 Å². The number of benzene rings is 1. The molecule has 0 aliphatic carbocycles. The Bertz CT molecular complexity index is 1140. The second-order valence-electron chi connectivity index (χ2n) is 7.31. The van der Waals surface area contributed by atoms with E-state index in [1.807, 2.05) is 39.0 Å². The molecule has 1 fully saturated rings. The zero-order valence-electron chi connectivity index (χ0n) is 17.3. The van der Waals surface area contributed by atoms with Crippen molar-refractivity contribution in [3.05, 3.63) is 54.0 Å². The molecule has 0 radical (unpaired) electrons. The van der Waals surface area contributed by atoms with E-state index in [0.29, 0.717) is 25.5 Å². The zero-order chi connectivity index (χ0) is 20.6. The number of ether oxygens (including phenoxy) is 1. The van der Waals surface area contributed by atoms with Crippen LogP contribution in [-0.2, 0) is 14.8 Å². The van der Waals surface area contributed by atoms with Gasteiger partial charge in [0.1, 0.15) is 0 Å². The maximum Gasteiger partial charge on any atom is 0.243 e. The number of pyridine rings is 1. The van der Waals surface area contributed by atoms with Crippen LogP contribution in [-0.4, -0.2) is 48.7 Å². The average Bonchev–Trinajstić information content (AvgIpc) is 3.15. The van der Waals surface area contributed by atoms with E-state index in [0.717, 1.165) is 27.9 Å². The predicted octanol–water partition coefficient (Wildman–Crippen LogP) is 3.59. The molecule has 4 rings (SSSR count). The first kappa shape index (κ1) is 22.1. The van der Waals surface area contributed by atoms with Crippen molar-refractivity contribution in [3.63, 3.8) is 0 Å². The van der Waals surface area contributed by atoms with E-state index in [1.165, 1.54) is 4.31 Å². The van der Waals surface area contributed by atoms with Crippen molar-refractivity contribution in [2.24, 2.45) is 0 Å². The van der Waals surface area contributed by atoms with E-state index < -0.39 is 10.0 Å². The lowest BCUT2D eigenvalue weighted by atomic mass is 10.0. The highest BCUT2D eigenvalue weighted by atomic mass is 32.2. The van der Waals surface area contributed by atoms with Gasteiger partial charge < -0.3 is 15.4 Å². The molecule has 3 aromatic rings. The van der Waals surface area contributed by atoms with Gasteiger partial charge >= 0.3 is 0 Å². The Balaban J connectivity index is 0.00000256. The monoisotopic (exact) mass is 430 g/mol. The first-order chi connectivity index (χ1) is 13.9. The highest BCUT2D eigenvalue weighted by molar-refractivity contribution is 7.89. The van der Waals surface area contributed by atoms with Gasteiger partial charge in [0.25, 0.3) is 0 Å². The zero-order valence-corrected chi connectivity index (χ0v) is 18.1. The van der Waals surface area contributed by atoms with Gasteiger partial charge in [0, 0.05) is 42.2 Å². The number of hydrogen-bond acceptors (Lipinski definition) is 7. The van der Waals surface area contributed by atoms with Crippen molar-refractivity contribution in [1.82, 2.24) is 20.6 Å². The van der Waals surface area contributed by atoms with Crippen LogP contribution in [0, 0.1) is 13.8 Å². The molecule has 9 heteroatoms. The van der Waals surface area contributed by atoms with Crippen LogP contribution >= 0.6 is 0 Å². The minimum atomic E-state index is -3.61. The van der Waals surface area contributed by atoms with Crippen LogP contribution in [0.25, 0.3) is 22.5 Å². The molecule has 1 saturated heterocycles. The minimum absolute atomic E-state index is 0. The molecule has 0 saturated carbocycles. The number of aryl methyl sites for hydroxylation is 2. The molecule has 160 valence electrons. The smallest absolute Gasteiger partial charge is 0.243 e. The summed E-state index contributed by atoms with van der Waals surface area (Å²) in [5.74, 6) is 0.625. The molecule has 1 atom stereocenters. The summed E-state index contributed by atoms with van der Waals surface area (Å²) in [4.78, 5) is 4.59. The molecular weight excluding hydrogens is 404 g/mol. The second-order valence-corrected chi connectivity index (χ2v) is 9.20. The summed E-state index contributed by atoms with van der Waals surface area (Å²) in [5.41, 5.74) is 4.18. The number of nitrogens with zero attached hydrogens (tertiary/aromatic N) is 3. The first-order valence-electron chi connectivity index (χ1n) is 9.45. The lowest BCUT2D eigenvalue weighted by molar-refractivity contribution is 0.0393. The normalized spacial score (nSPS) is 17.5. The van der Waals surface area contributed by atoms with Crippen LogP contribution in [0.2, 0.25) is 0 Å². The minimum Gasteiger partial charge on any atom is -0.378 e. The topological polar surface area (TPSA) is 121 Å². The summed E-state index contributed by atoms with van der Waals surface area (Å²) >= 11 is 0. The van der Waals surface area contributed by atoms with Gasteiger partial charge in [-0.1, -0.05) is 11.2 Å². The molecule has 3 N–H and O–H groups in total. The third-order valence-corrected chi connectivity index (χ3v) is 7.09. The van der Waals surface area contributed by atoms with Crippen molar-refractivity contribution < 1.29 is 17.7 Å². The summed E-state index contributed by atoms with van der Waals surface area (Å²) in [5, 5.41) is 3.92. The highest BCUT2D eigenvalue weighted by Gasteiger charge is 2.31. The quantitative estimate of drug-likeness (QED) is 0.671.